The molecule has 104 valence electrons. The fraction of sp³-hybridized carbons (Fsp3) is 0.533. The van der Waals surface area contributed by atoms with Crippen molar-refractivity contribution in [3.8, 4) is 0 Å². The summed E-state index contributed by atoms with van der Waals surface area (Å²) in [6, 6.07) is 8.95. The van der Waals surface area contributed by atoms with Gasteiger partial charge in [-0.25, -0.2) is 0 Å². The highest BCUT2D eigenvalue weighted by atomic mass is 32.1. The van der Waals surface area contributed by atoms with E-state index in [0.717, 1.165) is 18.7 Å². The molecule has 1 heterocycles. The molecule has 1 atom stereocenters. The van der Waals surface area contributed by atoms with Crippen LogP contribution in [0.2, 0.25) is 0 Å². The zero-order valence-electron chi connectivity index (χ0n) is 11.8. The Morgan fingerprint density at radius 2 is 2.11 bits per heavy atom. The van der Waals surface area contributed by atoms with Crippen LogP contribution in [-0.4, -0.2) is 48.0 Å². The molecule has 1 aromatic rings. The van der Waals surface area contributed by atoms with Crippen molar-refractivity contribution in [2.24, 2.45) is 5.73 Å². The summed E-state index contributed by atoms with van der Waals surface area (Å²) < 4.78 is 0. The average Bonchev–Trinajstić information content (AvgIpc) is 2.75. The van der Waals surface area contributed by atoms with Crippen molar-refractivity contribution in [2.75, 3.05) is 27.2 Å². The van der Waals surface area contributed by atoms with Crippen molar-refractivity contribution < 1.29 is 0 Å². The lowest BCUT2D eigenvalue weighted by atomic mass is 10.1. The lowest BCUT2D eigenvalue weighted by Crippen LogP contribution is -2.36. The van der Waals surface area contributed by atoms with Gasteiger partial charge in [-0.1, -0.05) is 36.5 Å². The maximum atomic E-state index is 5.60. The Hall–Kier alpha value is -0.970. The van der Waals surface area contributed by atoms with Crippen LogP contribution in [0.4, 0.5) is 0 Å². The Kier molecular flexibility index (Phi) is 4.91. The Morgan fingerprint density at radius 1 is 1.42 bits per heavy atom. The van der Waals surface area contributed by atoms with E-state index in [1.165, 1.54) is 24.9 Å². The predicted octanol–water partition coefficient (Wildman–Crippen LogP) is 1.85. The van der Waals surface area contributed by atoms with Gasteiger partial charge in [0.15, 0.2) is 0 Å². The number of nitrogens with zero attached hydrogens (tertiary/aromatic N) is 2. The van der Waals surface area contributed by atoms with Crippen LogP contribution in [0.5, 0.6) is 0 Å². The van der Waals surface area contributed by atoms with Crippen LogP contribution >= 0.6 is 12.2 Å². The second-order valence-corrected chi connectivity index (χ2v) is 5.97. The topological polar surface area (TPSA) is 32.5 Å². The van der Waals surface area contributed by atoms with Crippen molar-refractivity contribution in [3.63, 3.8) is 0 Å². The van der Waals surface area contributed by atoms with Crippen molar-refractivity contribution in [2.45, 2.75) is 25.4 Å². The average molecular weight is 277 g/mol. The number of rotatable bonds is 5. The summed E-state index contributed by atoms with van der Waals surface area (Å²) in [4.78, 5) is 5.32. The van der Waals surface area contributed by atoms with Gasteiger partial charge in [-0.2, -0.15) is 0 Å². The largest absolute Gasteiger partial charge is 0.389 e. The molecule has 1 aromatic carbocycles. The molecular formula is C15H23N3S. The number of likely N-dealkylation sites (N-methyl/N-ethyl adjacent to an activating group) is 2. The van der Waals surface area contributed by atoms with Gasteiger partial charge in [0.1, 0.15) is 4.99 Å². The number of benzene rings is 1. The number of thiocarbonyl (C=S) groups is 1. The molecule has 1 fully saturated rings. The van der Waals surface area contributed by atoms with Gasteiger partial charge in [-0.15, -0.1) is 0 Å². The monoisotopic (exact) mass is 277 g/mol. The minimum absolute atomic E-state index is 0.465. The highest BCUT2D eigenvalue weighted by molar-refractivity contribution is 7.80. The van der Waals surface area contributed by atoms with Crippen LogP contribution in [0.3, 0.4) is 0 Å². The summed E-state index contributed by atoms with van der Waals surface area (Å²) in [5.74, 6) is 0. The lowest BCUT2D eigenvalue weighted by Gasteiger charge is -2.25. The number of nitrogens with two attached hydrogens (primary N) is 1. The van der Waals surface area contributed by atoms with Gasteiger partial charge in [0.2, 0.25) is 0 Å². The third kappa shape index (κ3) is 4.00. The second-order valence-electron chi connectivity index (χ2n) is 5.53. The van der Waals surface area contributed by atoms with Gasteiger partial charge in [-0.3, -0.25) is 0 Å². The zero-order chi connectivity index (χ0) is 13.8. The molecule has 4 heteroatoms. The first-order valence-corrected chi connectivity index (χ1v) is 7.24. The summed E-state index contributed by atoms with van der Waals surface area (Å²) in [5.41, 5.74) is 7.85. The number of hydrogen-bond donors (Lipinski definition) is 1. The number of likely N-dealkylation sites (tertiary alicyclic amines) is 1. The van der Waals surface area contributed by atoms with Gasteiger partial charge in [0, 0.05) is 24.7 Å². The summed E-state index contributed by atoms with van der Waals surface area (Å²) in [7, 11) is 4.41. The highest BCUT2D eigenvalue weighted by Crippen LogP contribution is 2.16. The van der Waals surface area contributed by atoms with E-state index in [1.54, 1.807) is 0 Å². The van der Waals surface area contributed by atoms with E-state index in [0.29, 0.717) is 11.0 Å². The molecule has 3 nitrogen and oxygen atoms in total. The van der Waals surface area contributed by atoms with Crippen molar-refractivity contribution in [1.82, 2.24) is 9.80 Å². The molecule has 1 saturated heterocycles. The maximum absolute atomic E-state index is 5.60. The predicted molar refractivity (Wildman–Crippen MR) is 84.3 cm³/mol. The molecule has 0 spiro atoms. The van der Waals surface area contributed by atoms with Crippen molar-refractivity contribution >= 4 is 17.2 Å². The number of hydrogen-bond acceptors (Lipinski definition) is 3. The summed E-state index contributed by atoms with van der Waals surface area (Å²) >= 11 is 4.96. The second kappa shape index (κ2) is 6.46. The van der Waals surface area contributed by atoms with Crippen LogP contribution in [0, 0.1) is 0 Å². The van der Waals surface area contributed by atoms with Gasteiger partial charge in [0.25, 0.3) is 0 Å². The Balaban J connectivity index is 1.87. The molecule has 2 N–H and O–H groups in total. The molecule has 0 aliphatic carbocycles. The summed E-state index contributed by atoms with van der Waals surface area (Å²) in [6.45, 7) is 3.34. The van der Waals surface area contributed by atoms with Gasteiger partial charge < -0.3 is 15.5 Å². The van der Waals surface area contributed by atoms with Crippen LogP contribution < -0.4 is 5.73 Å². The first-order valence-electron chi connectivity index (χ1n) is 6.84. The normalized spacial score (nSPS) is 20.1. The van der Waals surface area contributed by atoms with E-state index < -0.39 is 0 Å². The smallest absolute Gasteiger partial charge is 0.103 e. The molecule has 2 rings (SSSR count). The van der Waals surface area contributed by atoms with E-state index in [2.05, 4.69) is 36.0 Å². The fourth-order valence-electron chi connectivity index (χ4n) is 2.72. The lowest BCUT2D eigenvalue weighted by molar-refractivity contribution is 0.215. The van der Waals surface area contributed by atoms with Crippen LogP contribution in [-0.2, 0) is 6.54 Å². The van der Waals surface area contributed by atoms with Gasteiger partial charge in [0.05, 0.1) is 0 Å². The van der Waals surface area contributed by atoms with Crippen molar-refractivity contribution in [3.05, 3.63) is 35.4 Å². The molecule has 1 aliphatic heterocycles. The Labute approximate surface area is 121 Å². The third-order valence-electron chi connectivity index (χ3n) is 3.88. The molecule has 0 amide bonds. The highest BCUT2D eigenvalue weighted by Gasteiger charge is 2.21. The molecule has 1 aliphatic rings. The standard InChI is InChI=1S/C15H23N3S/c1-17(11-14-4-3-9-18(14)2)10-12-5-7-13(8-6-12)15(16)19/h5-8,14H,3-4,9-11H2,1-2H3,(H2,16,19). The minimum Gasteiger partial charge on any atom is -0.389 e. The quantitative estimate of drug-likeness (QED) is 0.833. The van der Waals surface area contributed by atoms with E-state index in [-0.39, 0.29) is 0 Å². The Morgan fingerprint density at radius 3 is 2.63 bits per heavy atom. The fourth-order valence-corrected chi connectivity index (χ4v) is 2.86. The van der Waals surface area contributed by atoms with E-state index >= 15 is 0 Å². The van der Waals surface area contributed by atoms with E-state index in [4.69, 9.17) is 18.0 Å². The summed E-state index contributed by atoms with van der Waals surface area (Å²) in [5, 5.41) is 0. The van der Waals surface area contributed by atoms with Gasteiger partial charge in [-0.05, 0) is 39.0 Å². The molecule has 0 bridgehead atoms. The van der Waals surface area contributed by atoms with Gasteiger partial charge >= 0.3 is 0 Å². The van der Waals surface area contributed by atoms with Crippen LogP contribution in [0.15, 0.2) is 24.3 Å². The molecule has 1 unspecified atom stereocenters. The minimum atomic E-state index is 0.465. The SMILES string of the molecule is CN(Cc1ccc(C(N)=S)cc1)CC1CCCN1C. The molecular weight excluding hydrogens is 254 g/mol. The van der Waals surface area contributed by atoms with Crippen LogP contribution in [0.1, 0.15) is 24.0 Å². The summed E-state index contributed by atoms with van der Waals surface area (Å²) in [6.07, 6.45) is 2.65. The van der Waals surface area contributed by atoms with E-state index in [1.807, 2.05) is 12.1 Å². The maximum Gasteiger partial charge on any atom is 0.103 e. The molecule has 0 aromatic heterocycles. The van der Waals surface area contributed by atoms with E-state index in [9.17, 15) is 0 Å². The molecule has 0 radical (unpaired) electrons. The van der Waals surface area contributed by atoms with Crippen molar-refractivity contribution in [1.29, 1.82) is 0 Å². The van der Waals surface area contributed by atoms with Crippen LogP contribution in [0.25, 0.3) is 0 Å². The molecule has 0 saturated carbocycles. The molecule has 19 heavy (non-hydrogen) atoms. The third-order valence-corrected chi connectivity index (χ3v) is 4.12. The Bertz CT molecular complexity index is 430. The zero-order valence-corrected chi connectivity index (χ0v) is 12.6. The first-order chi connectivity index (χ1) is 9.06. The first kappa shape index (κ1) is 14.4.